The highest BCUT2D eigenvalue weighted by molar-refractivity contribution is 5.97. The first-order valence-corrected chi connectivity index (χ1v) is 8.59. The van der Waals surface area contributed by atoms with Crippen LogP contribution in [0.5, 0.6) is 0 Å². The monoisotopic (exact) mass is 337 g/mol. The Morgan fingerprint density at radius 1 is 1.16 bits per heavy atom. The van der Waals surface area contributed by atoms with E-state index >= 15 is 0 Å². The van der Waals surface area contributed by atoms with E-state index in [0.29, 0.717) is 13.0 Å². The van der Waals surface area contributed by atoms with Gasteiger partial charge in [-0.3, -0.25) is 4.79 Å². The lowest BCUT2D eigenvalue weighted by Gasteiger charge is -2.18. The summed E-state index contributed by atoms with van der Waals surface area (Å²) < 4.78 is 0. The first-order valence-electron chi connectivity index (χ1n) is 8.59. The molecule has 0 bridgehead atoms. The van der Waals surface area contributed by atoms with Gasteiger partial charge < -0.3 is 15.5 Å². The number of anilines is 2. The molecule has 2 N–H and O–H groups in total. The maximum Gasteiger partial charge on any atom is 0.319 e. The van der Waals surface area contributed by atoms with Gasteiger partial charge in [0.1, 0.15) is 0 Å². The third kappa shape index (κ3) is 3.99. The van der Waals surface area contributed by atoms with Crippen LogP contribution in [-0.2, 0) is 11.2 Å². The van der Waals surface area contributed by atoms with Crippen molar-refractivity contribution in [2.24, 2.45) is 0 Å². The SMILES string of the molecule is CCc1ccccc1NC(=O)N[C@H]1CC(=O)N(c2ccc(C)cc2)C1. The number of rotatable bonds is 4. The largest absolute Gasteiger partial charge is 0.333 e. The van der Waals surface area contributed by atoms with Gasteiger partial charge in [0.05, 0.1) is 6.04 Å². The lowest BCUT2D eigenvalue weighted by Crippen LogP contribution is -2.39. The van der Waals surface area contributed by atoms with Gasteiger partial charge in [-0.2, -0.15) is 0 Å². The smallest absolute Gasteiger partial charge is 0.319 e. The number of nitrogens with zero attached hydrogens (tertiary/aromatic N) is 1. The molecule has 1 heterocycles. The standard InChI is InChI=1S/C20H23N3O2/c1-3-15-6-4-5-7-18(15)22-20(25)21-16-12-19(24)23(13-16)17-10-8-14(2)9-11-17/h4-11,16H,3,12-13H2,1-2H3,(H2,21,22,25)/t16-/m0/s1. The lowest BCUT2D eigenvalue weighted by molar-refractivity contribution is -0.117. The van der Waals surface area contributed by atoms with Crippen molar-refractivity contribution in [2.75, 3.05) is 16.8 Å². The van der Waals surface area contributed by atoms with Crippen molar-refractivity contribution in [1.29, 1.82) is 0 Å². The summed E-state index contributed by atoms with van der Waals surface area (Å²) in [5, 5.41) is 5.79. The van der Waals surface area contributed by atoms with Gasteiger partial charge in [0.15, 0.2) is 0 Å². The van der Waals surface area contributed by atoms with Gasteiger partial charge in [-0.25, -0.2) is 4.79 Å². The Hall–Kier alpha value is -2.82. The van der Waals surface area contributed by atoms with Crippen molar-refractivity contribution in [1.82, 2.24) is 5.32 Å². The van der Waals surface area contributed by atoms with Crippen LogP contribution < -0.4 is 15.5 Å². The predicted octanol–water partition coefficient (Wildman–Crippen LogP) is 3.48. The second-order valence-corrected chi connectivity index (χ2v) is 6.35. The Bertz CT molecular complexity index is 771. The van der Waals surface area contributed by atoms with Crippen molar-refractivity contribution in [3.63, 3.8) is 0 Å². The van der Waals surface area contributed by atoms with E-state index in [9.17, 15) is 9.59 Å². The van der Waals surface area contributed by atoms with E-state index in [2.05, 4.69) is 10.6 Å². The van der Waals surface area contributed by atoms with Gasteiger partial charge in [0.25, 0.3) is 0 Å². The molecule has 1 atom stereocenters. The minimum absolute atomic E-state index is 0.0307. The van der Waals surface area contributed by atoms with E-state index in [-0.39, 0.29) is 18.0 Å². The molecule has 5 nitrogen and oxygen atoms in total. The van der Waals surface area contributed by atoms with Gasteiger partial charge in [-0.1, -0.05) is 42.8 Å². The number of hydrogen-bond donors (Lipinski definition) is 2. The number of amides is 3. The molecule has 3 amide bonds. The summed E-state index contributed by atoms with van der Waals surface area (Å²) in [7, 11) is 0. The minimum Gasteiger partial charge on any atom is -0.333 e. The van der Waals surface area contributed by atoms with Crippen LogP contribution in [0.25, 0.3) is 0 Å². The Kier molecular flexibility index (Phi) is 5.03. The number of urea groups is 1. The van der Waals surface area contributed by atoms with Crippen molar-refractivity contribution < 1.29 is 9.59 Å². The summed E-state index contributed by atoms with van der Waals surface area (Å²) in [5.74, 6) is 0.0307. The van der Waals surface area contributed by atoms with E-state index in [1.54, 1.807) is 4.90 Å². The predicted molar refractivity (Wildman–Crippen MR) is 99.9 cm³/mol. The molecule has 1 aliphatic heterocycles. The number of carbonyl (C=O) groups excluding carboxylic acids is 2. The zero-order valence-electron chi connectivity index (χ0n) is 14.6. The second-order valence-electron chi connectivity index (χ2n) is 6.35. The lowest BCUT2D eigenvalue weighted by atomic mass is 10.1. The average Bonchev–Trinajstić information content (AvgIpc) is 2.96. The van der Waals surface area contributed by atoms with E-state index in [0.717, 1.165) is 28.9 Å². The molecule has 25 heavy (non-hydrogen) atoms. The van der Waals surface area contributed by atoms with Gasteiger partial charge in [-0.05, 0) is 37.1 Å². The molecule has 0 spiro atoms. The molecule has 130 valence electrons. The first-order chi connectivity index (χ1) is 12.1. The highest BCUT2D eigenvalue weighted by atomic mass is 16.2. The fourth-order valence-electron chi connectivity index (χ4n) is 3.07. The molecule has 0 saturated carbocycles. The van der Waals surface area contributed by atoms with E-state index < -0.39 is 0 Å². The third-order valence-electron chi connectivity index (χ3n) is 4.45. The summed E-state index contributed by atoms with van der Waals surface area (Å²) in [4.78, 5) is 26.3. The number of carbonyl (C=O) groups is 2. The molecule has 2 aromatic carbocycles. The zero-order chi connectivity index (χ0) is 17.8. The van der Waals surface area contributed by atoms with Crippen molar-refractivity contribution in [2.45, 2.75) is 32.7 Å². The van der Waals surface area contributed by atoms with Crippen molar-refractivity contribution >= 4 is 23.3 Å². The maximum absolute atomic E-state index is 12.3. The molecule has 1 fully saturated rings. The topological polar surface area (TPSA) is 61.4 Å². The third-order valence-corrected chi connectivity index (χ3v) is 4.45. The first kappa shape index (κ1) is 17.0. The Labute approximate surface area is 148 Å². The van der Waals surface area contributed by atoms with Gasteiger partial charge in [0, 0.05) is 24.3 Å². The summed E-state index contributed by atoms with van der Waals surface area (Å²) in [5.41, 5.74) is 3.92. The minimum atomic E-state index is -0.274. The van der Waals surface area contributed by atoms with E-state index in [1.807, 2.05) is 62.4 Å². The maximum atomic E-state index is 12.3. The van der Waals surface area contributed by atoms with Crippen LogP contribution in [0.1, 0.15) is 24.5 Å². The second kappa shape index (κ2) is 7.38. The number of para-hydroxylation sites is 1. The fraction of sp³-hybridized carbons (Fsp3) is 0.300. The quantitative estimate of drug-likeness (QED) is 0.897. The molecule has 1 aliphatic rings. The number of aryl methyl sites for hydroxylation is 2. The molecular formula is C20H23N3O2. The summed E-state index contributed by atoms with van der Waals surface area (Å²) in [6.07, 6.45) is 1.16. The zero-order valence-corrected chi connectivity index (χ0v) is 14.6. The van der Waals surface area contributed by atoms with Crippen LogP contribution in [-0.4, -0.2) is 24.5 Å². The van der Waals surface area contributed by atoms with Gasteiger partial charge in [-0.15, -0.1) is 0 Å². The van der Waals surface area contributed by atoms with Crippen LogP contribution in [0.4, 0.5) is 16.2 Å². The molecule has 1 saturated heterocycles. The molecule has 0 aromatic heterocycles. The number of benzene rings is 2. The normalized spacial score (nSPS) is 16.8. The van der Waals surface area contributed by atoms with Crippen LogP contribution in [0.15, 0.2) is 48.5 Å². The number of hydrogen-bond acceptors (Lipinski definition) is 2. The number of nitrogens with one attached hydrogen (secondary N) is 2. The highest BCUT2D eigenvalue weighted by Gasteiger charge is 2.31. The summed E-state index contributed by atoms with van der Waals surface area (Å²) >= 11 is 0. The Morgan fingerprint density at radius 2 is 1.88 bits per heavy atom. The van der Waals surface area contributed by atoms with Crippen LogP contribution in [0.2, 0.25) is 0 Å². The molecular weight excluding hydrogens is 314 g/mol. The van der Waals surface area contributed by atoms with E-state index in [1.165, 1.54) is 0 Å². The van der Waals surface area contributed by atoms with Crippen LogP contribution in [0.3, 0.4) is 0 Å². The van der Waals surface area contributed by atoms with Crippen molar-refractivity contribution in [3.05, 3.63) is 59.7 Å². The van der Waals surface area contributed by atoms with Gasteiger partial charge >= 0.3 is 6.03 Å². The molecule has 5 heteroatoms. The van der Waals surface area contributed by atoms with E-state index in [4.69, 9.17) is 0 Å². The summed E-state index contributed by atoms with van der Waals surface area (Å²) in [6.45, 7) is 4.55. The van der Waals surface area contributed by atoms with Crippen LogP contribution >= 0.6 is 0 Å². The summed E-state index contributed by atoms with van der Waals surface area (Å²) in [6, 6.07) is 15.1. The molecule has 0 aliphatic carbocycles. The Morgan fingerprint density at radius 3 is 2.60 bits per heavy atom. The Balaban J connectivity index is 1.61. The molecule has 0 unspecified atom stereocenters. The van der Waals surface area contributed by atoms with Crippen LogP contribution in [0, 0.1) is 6.92 Å². The fourth-order valence-corrected chi connectivity index (χ4v) is 3.07. The molecule has 3 rings (SSSR count). The van der Waals surface area contributed by atoms with Crippen molar-refractivity contribution in [3.8, 4) is 0 Å². The molecule has 2 aromatic rings. The van der Waals surface area contributed by atoms with Gasteiger partial charge in [0.2, 0.25) is 5.91 Å². The highest BCUT2D eigenvalue weighted by Crippen LogP contribution is 2.22. The molecule has 0 radical (unpaired) electrons. The average molecular weight is 337 g/mol.